The van der Waals surface area contributed by atoms with E-state index in [4.69, 9.17) is 16.3 Å². The zero-order chi connectivity index (χ0) is 17.2. The molecular weight excluding hydrogens is 324 g/mol. The molecule has 2 aliphatic heterocycles. The standard InChI is InChI=1S/C19H27ClN2O2/c1-21(2)11-15-9-10-19(24-12-15)13-22(14-19)18(23)8-7-16-5-3-4-6-17(16)20/h3-6,15H,7-14H2,1-2H3/t15-/m0/s1. The first-order valence-electron chi connectivity index (χ1n) is 8.77. The molecule has 5 heteroatoms. The van der Waals surface area contributed by atoms with Gasteiger partial charge in [0.2, 0.25) is 5.91 Å². The minimum atomic E-state index is -0.0666. The van der Waals surface area contributed by atoms with Gasteiger partial charge in [0, 0.05) is 18.0 Å². The number of hydrogen-bond donors (Lipinski definition) is 0. The molecule has 2 saturated heterocycles. The van der Waals surface area contributed by atoms with Crippen LogP contribution in [0.1, 0.15) is 24.8 Å². The number of likely N-dealkylation sites (tertiary alicyclic amines) is 1. The lowest BCUT2D eigenvalue weighted by Crippen LogP contribution is -2.66. The Bertz CT molecular complexity index is 574. The molecule has 0 bridgehead atoms. The molecular formula is C19H27ClN2O2. The maximum absolute atomic E-state index is 12.4. The molecule has 2 aliphatic rings. The second-order valence-electron chi connectivity index (χ2n) is 7.50. The van der Waals surface area contributed by atoms with Crippen LogP contribution in [-0.4, -0.2) is 61.6 Å². The van der Waals surface area contributed by atoms with Crippen molar-refractivity contribution in [3.05, 3.63) is 34.9 Å². The van der Waals surface area contributed by atoms with Crippen molar-refractivity contribution in [2.45, 2.75) is 31.3 Å². The fourth-order valence-electron chi connectivity index (χ4n) is 3.75. The summed E-state index contributed by atoms with van der Waals surface area (Å²) in [5, 5.41) is 0.743. The number of amides is 1. The molecule has 1 atom stereocenters. The zero-order valence-corrected chi connectivity index (χ0v) is 15.4. The van der Waals surface area contributed by atoms with Gasteiger partial charge in [0.1, 0.15) is 5.60 Å². The summed E-state index contributed by atoms with van der Waals surface area (Å²) >= 11 is 6.15. The number of ether oxygens (including phenoxy) is 1. The number of hydrogen-bond acceptors (Lipinski definition) is 3. The maximum Gasteiger partial charge on any atom is 0.223 e. The first kappa shape index (κ1) is 17.7. The fourth-order valence-corrected chi connectivity index (χ4v) is 3.98. The number of nitrogens with zero attached hydrogens (tertiary/aromatic N) is 2. The van der Waals surface area contributed by atoms with E-state index in [1.54, 1.807) is 0 Å². The summed E-state index contributed by atoms with van der Waals surface area (Å²) in [5.41, 5.74) is 0.978. The van der Waals surface area contributed by atoms with E-state index in [1.165, 1.54) is 6.42 Å². The second kappa shape index (κ2) is 7.42. The second-order valence-corrected chi connectivity index (χ2v) is 7.91. The topological polar surface area (TPSA) is 32.8 Å². The number of aryl methyl sites for hydroxylation is 1. The molecule has 0 saturated carbocycles. The number of carbonyl (C=O) groups is 1. The summed E-state index contributed by atoms with van der Waals surface area (Å²) in [7, 11) is 4.21. The Labute approximate surface area is 149 Å². The Balaban J connectivity index is 1.42. The highest BCUT2D eigenvalue weighted by Gasteiger charge is 2.48. The quantitative estimate of drug-likeness (QED) is 0.818. The molecule has 1 aromatic rings. The highest BCUT2D eigenvalue weighted by Crippen LogP contribution is 2.36. The number of carbonyl (C=O) groups excluding carboxylic acids is 1. The van der Waals surface area contributed by atoms with E-state index in [2.05, 4.69) is 19.0 Å². The lowest BCUT2D eigenvalue weighted by Gasteiger charge is -2.53. The van der Waals surface area contributed by atoms with E-state index in [0.717, 1.165) is 43.2 Å². The van der Waals surface area contributed by atoms with Crippen LogP contribution in [0.5, 0.6) is 0 Å². The molecule has 24 heavy (non-hydrogen) atoms. The van der Waals surface area contributed by atoms with E-state index in [1.807, 2.05) is 29.2 Å². The van der Waals surface area contributed by atoms with Crippen LogP contribution in [0.15, 0.2) is 24.3 Å². The summed E-state index contributed by atoms with van der Waals surface area (Å²) in [5.74, 6) is 0.829. The van der Waals surface area contributed by atoms with E-state index in [-0.39, 0.29) is 11.5 Å². The lowest BCUT2D eigenvalue weighted by atomic mass is 9.82. The molecule has 1 aromatic carbocycles. The average Bonchev–Trinajstić information content (AvgIpc) is 2.52. The van der Waals surface area contributed by atoms with Gasteiger partial charge in [-0.05, 0) is 50.9 Å². The van der Waals surface area contributed by atoms with Crippen molar-refractivity contribution in [3.63, 3.8) is 0 Å². The molecule has 0 radical (unpaired) electrons. The molecule has 0 N–H and O–H groups in total. The summed E-state index contributed by atoms with van der Waals surface area (Å²) < 4.78 is 6.14. The fraction of sp³-hybridized carbons (Fsp3) is 0.632. The van der Waals surface area contributed by atoms with Crippen LogP contribution in [0.2, 0.25) is 5.02 Å². The third-order valence-corrected chi connectivity index (χ3v) is 5.50. The van der Waals surface area contributed by atoms with Gasteiger partial charge in [0.25, 0.3) is 0 Å². The van der Waals surface area contributed by atoms with Gasteiger partial charge in [-0.3, -0.25) is 4.79 Å². The lowest BCUT2D eigenvalue weighted by molar-refractivity contribution is -0.189. The number of benzene rings is 1. The van der Waals surface area contributed by atoms with Crippen LogP contribution in [0, 0.1) is 5.92 Å². The third kappa shape index (κ3) is 4.11. The summed E-state index contributed by atoms with van der Waals surface area (Å²) in [4.78, 5) is 16.5. The van der Waals surface area contributed by atoms with Gasteiger partial charge in [0.15, 0.2) is 0 Å². The van der Waals surface area contributed by atoms with Gasteiger partial charge in [-0.1, -0.05) is 29.8 Å². The van der Waals surface area contributed by atoms with E-state index in [9.17, 15) is 4.79 Å². The number of rotatable bonds is 5. The minimum absolute atomic E-state index is 0.0666. The molecule has 1 spiro atoms. The molecule has 2 fully saturated rings. The van der Waals surface area contributed by atoms with E-state index in [0.29, 0.717) is 18.8 Å². The minimum Gasteiger partial charge on any atom is -0.371 e. The van der Waals surface area contributed by atoms with Gasteiger partial charge in [-0.2, -0.15) is 0 Å². The molecule has 2 heterocycles. The highest BCUT2D eigenvalue weighted by molar-refractivity contribution is 6.31. The van der Waals surface area contributed by atoms with Crippen LogP contribution < -0.4 is 0 Å². The molecule has 0 unspecified atom stereocenters. The predicted octanol–water partition coefficient (Wildman–Crippen LogP) is 2.84. The van der Waals surface area contributed by atoms with Crippen LogP contribution in [0.25, 0.3) is 0 Å². The normalized spacial score (nSPS) is 22.7. The van der Waals surface area contributed by atoms with Crippen molar-refractivity contribution in [1.82, 2.24) is 9.80 Å². The Kier molecular flexibility index (Phi) is 5.48. The monoisotopic (exact) mass is 350 g/mol. The van der Waals surface area contributed by atoms with Crippen molar-refractivity contribution in [1.29, 1.82) is 0 Å². The van der Waals surface area contributed by atoms with Crippen molar-refractivity contribution in [2.24, 2.45) is 5.92 Å². The highest BCUT2D eigenvalue weighted by atomic mass is 35.5. The molecule has 0 aliphatic carbocycles. The smallest absolute Gasteiger partial charge is 0.223 e. The molecule has 132 valence electrons. The first-order valence-corrected chi connectivity index (χ1v) is 9.15. The summed E-state index contributed by atoms with van der Waals surface area (Å²) in [6.07, 6.45) is 3.48. The predicted molar refractivity (Wildman–Crippen MR) is 96.3 cm³/mol. The third-order valence-electron chi connectivity index (χ3n) is 5.13. The van der Waals surface area contributed by atoms with Gasteiger partial charge in [-0.15, -0.1) is 0 Å². The maximum atomic E-state index is 12.4. The summed E-state index contributed by atoms with van der Waals surface area (Å²) in [6, 6.07) is 7.74. The zero-order valence-electron chi connectivity index (χ0n) is 14.6. The van der Waals surface area contributed by atoms with Gasteiger partial charge in [-0.25, -0.2) is 0 Å². The number of halogens is 1. The van der Waals surface area contributed by atoms with Crippen LogP contribution >= 0.6 is 11.6 Å². The SMILES string of the molecule is CN(C)C[C@@H]1CCC2(CN(C(=O)CCc3ccccc3Cl)C2)OC1. The molecule has 4 nitrogen and oxygen atoms in total. The Morgan fingerprint density at radius 2 is 2.12 bits per heavy atom. The van der Waals surface area contributed by atoms with Crippen LogP contribution in [0.4, 0.5) is 0 Å². The van der Waals surface area contributed by atoms with Crippen molar-refractivity contribution >= 4 is 17.5 Å². The van der Waals surface area contributed by atoms with E-state index < -0.39 is 0 Å². The molecule has 1 amide bonds. The van der Waals surface area contributed by atoms with Gasteiger partial charge >= 0.3 is 0 Å². The summed E-state index contributed by atoms with van der Waals surface area (Å²) in [6.45, 7) is 3.41. The Morgan fingerprint density at radius 3 is 2.75 bits per heavy atom. The van der Waals surface area contributed by atoms with Crippen molar-refractivity contribution < 1.29 is 9.53 Å². The van der Waals surface area contributed by atoms with Crippen LogP contribution in [0.3, 0.4) is 0 Å². The van der Waals surface area contributed by atoms with Crippen molar-refractivity contribution in [2.75, 3.05) is 40.3 Å². The van der Waals surface area contributed by atoms with E-state index >= 15 is 0 Å². The average molecular weight is 351 g/mol. The molecule has 3 rings (SSSR count). The van der Waals surface area contributed by atoms with Gasteiger partial charge < -0.3 is 14.5 Å². The molecule has 0 aromatic heterocycles. The Hall–Kier alpha value is -1.10. The van der Waals surface area contributed by atoms with Crippen molar-refractivity contribution in [3.8, 4) is 0 Å². The Morgan fingerprint density at radius 1 is 1.38 bits per heavy atom. The van der Waals surface area contributed by atoms with Gasteiger partial charge in [0.05, 0.1) is 19.7 Å². The largest absolute Gasteiger partial charge is 0.371 e. The first-order chi connectivity index (χ1) is 11.5. The van der Waals surface area contributed by atoms with Crippen LogP contribution in [-0.2, 0) is 16.0 Å².